The number of para-hydroxylation sites is 2. The Morgan fingerprint density at radius 1 is 0.966 bits per heavy atom. The van der Waals surface area contributed by atoms with E-state index < -0.39 is 0 Å². The maximum atomic E-state index is 12.8. The third-order valence-corrected chi connectivity index (χ3v) is 5.30. The zero-order valence-corrected chi connectivity index (χ0v) is 16.3. The predicted molar refractivity (Wildman–Crippen MR) is 111 cm³/mol. The summed E-state index contributed by atoms with van der Waals surface area (Å²) in [4.78, 5) is 35.6. The largest absolute Gasteiger partial charge is 0.353 e. The normalized spacial score (nSPS) is 14.7. The molecule has 6 nitrogen and oxygen atoms in total. The lowest BCUT2D eigenvalue weighted by Gasteiger charge is -2.32. The van der Waals surface area contributed by atoms with Gasteiger partial charge in [-0.15, -0.1) is 0 Å². The number of aryl methyl sites for hydroxylation is 1. The van der Waals surface area contributed by atoms with Gasteiger partial charge in [-0.1, -0.05) is 42.5 Å². The van der Waals surface area contributed by atoms with Crippen LogP contribution >= 0.6 is 0 Å². The summed E-state index contributed by atoms with van der Waals surface area (Å²) >= 11 is 0. The number of carbonyl (C=O) groups excluding carboxylic acids is 2. The van der Waals surface area contributed by atoms with Crippen LogP contribution in [0.1, 0.15) is 35.3 Å². The third kappa shape index (κ3) is 4.77. The maximum absolute atomic E-state index is 12.8. The summed E-state index contributed by atoms with van der Waals surface area (Å²) < 4.78 is 0. The maximum Gasteiger partial charge on any atom is 0.274 e. The van der Waals surface area contributed by atoms with Crippen LogP contribution in [0.3, 0.4) is 0 Å². The van der Waals surface area contributed by atoms with Crippen molar-refractivity contribution < 1.29 is 9.59 Å². The lowest BCUT2D eigenvalue weighted by Crippen LogP contribution is -2.46. The second-order valence-electron chi connectivity index (χ2n) is 7.36. The highest BCUT2D eigenvalue weighted by Gasteiger charge is 2.25. The van der Waals surface area contributed by atoms with Gasteiger partial charge >= 0.3 is 0 Å². The minimum absolute atomic E-state index is 0.0685. The minimum Gasteiger partial charge on any atom is -0.353 e. The standard InChI is InChI=1S/C23H24N4O2/c28-22(11-10-17-6-2-1-3-7-17)25-18-12-14-27(15-13-18)23(29)21-16-24-19-8-4-5-9-20(19)26-21/h1-9,16,18H,10-15H2,(H,25,28). The second kappa shape index (κ2) is 8.82. The van der Waals surface area contributed by atoms with Gasteiger partial charge in [-0.2, -0.15) is 0 Å². The van der Waals surface area contributed by atoms with Gasteiger partial charge in [-0.25, -0.2) is 4.98 Å². The van der Waals surface area contributed by atoms with Crippen molar-refractivity contribution in [3.8, 4) is 0 Å². The molecule has 2 amide bonds. The Kier molecular flexibility index (Phi) is 5.79. The number of aromatic nitrogens is 2. The van der Waals surface area contributed by atoms with Gasteiger partial charge < -0.3 is 10.2 Å². The number of piperidine rings is 1. The zero-order chi connectivity index (χ0) is 20.1. The second-order valence-corrected chi connectivity index (χ2v) is 7.36. The van der Waals surface area contributed by atoms with E-state index in [2.05, 4.69) is 15.3 Å². The number of hydrogen-bond donors (Lipinski definition) is 1. The summed E-state index contributed by atoms with van der Waals surface area (Å²) in [5.74, 6) is -0.0314. The van der Waals surface area contributed by atoms with Crippen molar-refractivity contribution in [1.82, 2.24) is 20.2 Å². The average Bonchev–Trinajstić information content (AvgIpc) is 2.78. The van der Waals surface area contributed by atoms with Crippen molar-refractivity contribution in [2.75, 3.05) is 13.1 Å². The van der Waals surface area contributed by atoms with Crippen LogP contribution in [0.15, 0.2) is 60.8 Å². The molecule has 0 aliphatic carbocycles. The molecule has 1 aliphatic rings. The number of fused-ring (bicyclic) bond motifs is 1. The van der Waals surface area contributed by atoms with Gasteiger partial charge in [-0.05, 0) is 37.0 Å². The molecule has 29 heavy (non-hydrogen) atoms. The zero-order valence-electron chi connectivity index (χ0n) is 16.3. The van der Waals surface area contributed by atoms with Gasteiger partial charge in [-0.3, -0.25) is 14.6 Å². The summed E-state index contributed by atoms with van der Waals surface area (Å²) in [7, 11) is 0. The molecule has 0 atom stereocenters. The number of nitrogens with one attached hydrogen (secondary N) is 1. The van der Waals surface area contributed by atoms with E-state index in [-0.39, 0.29) is 17.9 Å². The molecular weight excluding hydrogens is 364 g/mol. The number of rotatable bonds is 5. The molecule has 1 saturated heterocycles. The highest BCUT2D eigenvalue weighted by molar-refractivity contribution is 5.93. The summed E-state index contributed by atoms with van der Waals surface area (Å²) in [5.41, 5.74) is 3.04. The highest BCUT2D eigenvalue weighted by atomic mass is 16.2. The molecule has 1 fully saturated rings. The molecule has 0 radical (unpaired) electrons. The van der Waals surface area contributed by atoms with Crippen molar-refractivity contribution in [3.63, 3.8) is 0 Å². The molecule has 6 heteroatoms. The number of amides is 2. The molecular formula is C23H24N4O2. The fraction of sp³-hybridized carbons (Fsp3) is 0.304. The van der Waals surface area contributed by atoms with E-state index in [1.807, 2.05) is 54.6 Å². The quantitative estimate of drug-likeness (QED) is 0.729. The van der Waals surface area contributed by atoms with Crippen LogP contribution in [0.25, 0.3) is 11.0 Å². The molecule has 148 valence electrons. The Morgan fingerprint density at radius 2 is 1.66 bits per heavy atom. The smallest absolute Gasteiger partial charge is 0.274 e. The van der Waals surface area contributed by atoms with Gasteiger partial charge in [0.25, 0.3) is 5.91 Å². The lowest BCUT2D eigenvalue weighted by molar-refractivity contribution is -0.122. The Morgan fingerprint density at radius 3 is 2.41 bits per heavy atom. The fourth-order valence-electron chi connectivity index (χ4n) is 3.65. The fourth-order valence-corrected chi connectivity index (χ4v) is 3.65. The van der Waals surface area contributed by atoms with Crippen LogP contribution in [0, 0.1) is 0 Å². The van der Waals surface area contributed by atoms with Crippen LogP contribution < -0.4 is 5.32 Å². The van der Waals surface area contributed by atoms with Gasteiger partial charge in [0.15, 0.2) is 0 Å². The summed E-state index contributed by atoms with van der Waals surface area (Å²) in [6.07, 6.45) is 4.27. The Labute approximate surface area is 170 Å². The van der Waals surface area contributed by atoms with Gasteiger partial charge in [0.2, 0.25) is 5.91 Å². The molecule has 0 bridgehead atoms. The van der Waals surface area contributed by atoms with Crippen LogP contribution in [-0.2, 0) is 11.2 Å². The summed E-state index contributed by atoms with van der Waals surface area (Å²) in [5, 5.41) is 3.11. The van der Waals surface area contributed by atoms with E-state index in [0.29, 0.717) is 25.2 Å². The van der Waals surface area contributed by atoms with E-state index in [4.69, 9.17) is 0 Å². The van der Waals surface area contributed by atoms with Crippen LogP contribution in [0.4, 0.5) is 0 Å². The molecule has 2 heterocycles. The van der Waals surface area contributed by atoms with E-state index >= 15 is 0 Å². The van der Waals surface area contributed by atoms with Gasteiger partial charge in [0.05, 0.1) is 17.2 Å². The number of likely N-dealkylation sites (tertiary alicyclic amines) is 1. The molecule has 0 saturated carbocycles. The van der Waals surface area contributed by atoms with Crippen molar-refractivity contribution in [3.05, 3.63) is 72.1 Å². The Hall–Kier alpha value is -3.28. The predicted octanol–water partition coefficient (Wildman–Crippen LogP) is 2.98. The Balaban J connectivity index is 1.27. The number of hydrogen-bond acceptors (Lipinski definition) is 4. The van der Waals surface area contributed by atoms with Crippen LogP contribution in [0.5, 0.6) is 0 Å². The van der Waals surface area contributed by atoms with Crippen molar-refractivity contribution in [2.45, 2.75) is 31.7 Å². The topological polar surface area (TPSA) is 75.2 Å². The summed E-state index contributed by atoms with van der Waals surface area (Å²) in [6, 6.07) is 17.7. The van der Waals surface area contributed by atoms with E-state index in [0.717, 1.165) is 30.3 Å². The van der Waals surface area contributed by atoms with Crippen LogP contribution in [-0.4, -0.2) is 45.8 Å². The average molecular weight is 388 g/mol. The van der Waals surface area contributed by atoms with E-state index in [9.17, 15) is 9.59 Å². The minimum atomic E-state index is -0.0999. The van der Waals surface area contributed by atoms with Crippen LogP contribution in [0.2, 0.25) is 0 Å². The highest BCUT2D eigenvalue weighted by Crippen LogP contribution is 2.15. The van der Waals surface area contributed by atoms with Crippen molar-refractivity contribution in [2.24, 2.45) is 0 Å². The lowest BCUT2D eigenvalue weighted by atomic mass is 10.0. The molecule has 1 N–H and O–H groups in total. The SMILES string of the molecule is O=C(CCc1ccccc1)NC1CCN(C(=O)c2cnc3ccccc3n2)CC1. The molecule has 1 aromatic heterocycles. The third-order valence-electron chi connectivity index (χ3n) is 5.30. The molecule has 4 rings (SSSR count). The van der Waals surface area contributed by atoms with E-state index in [1.165, 1.54) is 5.56 Å². The molecule has 0 spiro atoms. The first-order valence-electron chi connectivity index (χ1n) is 10.0. The first-order valence-corrected chi connectivity index (χ1v) is 10.0. The number of carbonyl (C=O) groups is 2. The first kappa shape index (κ1) is 19.1. The van der Waals surface area contributed by atoms with Gasteiger partial charge in [0, 0.05) is 25.6 Å². The molecule has 1 aliphatic heterocycles. The summed E-state index contributed by atoms with van der Waals surface area (Å²) in [6.45, 7) is 1.22. The molecule has 2 aromatic carbocycles. The number of benzene rings is 2. The Bertz CT molecular complexity index is 998. The first-order chi connectivity index (χ1) is 14.2. The number of nitrogens with zero attached hydrogens (tertiary/aromatic N) is 3. The van der Waals surface area contributed by atoms with Gasteiger partial charge in [0.1, 0.15) is 5.69 Å². The molecule has 0 unspecified atom stereocenters. The van der Waals surface area contributed by atoms with Crippen molar-refractivity contribution in [1.29, 1.82) is 0 Å². The molecule has 3 aromatic rings. The monoisotopic (exact) mass is 388 g/mol. The van der Waals surface area contributed by atoms with Crippen molar-refractivity contribution >= 4 is 22.8 Å². The van der Waals surface area contributed by atoms with E-state index in [1.54, 1.807) is 11.1 Å².